The summed E-state index contributed by atoms with van der Waals surface area (Å²) in [5.41, 5.74) is 4.29. The number of rotatable bonds is 15. The molecule has 6 aliphatic rings. The molecule has 0 bridgehead atoms. The summed E-state index contributed by atoms with van der Waals surface area (Å²) in [4.78, 5) is 17.0. The number of benzene rings is 1. The van der Waals surface area contributed by atoms with Gasteiger partial charge in [0, 0.05) is 122 Å². The Morgan fingerprint density at radius 1 is 0.434 bits per heavy atom. The van der Waals surface area contributed by atoms with E-state index in [0.29, 0.717) is 58.4 Å². The van der Waals surface area contributed by atoms with Crippen LogP contribution >= 0.6 is 11.8 Å². The first-order valence-electron chi connectivity index (χ1n) is 40.4. The van der Waals surface area contributed by atoms with Gasteiger partial charge in [0.25, 0.3) is 0 Å². The lowest BCUT2D eigenvalue weighted by Crippen LogP contribution is -2.49. The first-order chi connectivity index (χ1) is 48.8. The molecule has 6 aliphatic heterocycles. The van der Waals surface area contributed by atoms with Crippen molar-refractivity contribution < 1.29 is 40.4 Å². The van der Waals surface area contributed by atoms with Crippen LogP contribution < -0.4 is 0 Å². The Hall–Kier alpha value is -2.21. The highest BCUT2D eigenvalue weighted by Gasteiger charge is 2.30. The summed E-state index contributed by atoms with van der Waals surface area (Å²) < 4.78 is 65.2. The van der Waals surface area contributed by atoms with Crippen LogP contribution in [0.2, 0.25) is 0 Å². The molecule has 0 spiro atoms. The molecule has 0 radical (unpaired) electrons. The Kier molecular flexibility index (Phi) is 48.8. The Bertz CT molecular complexity index is 2660. The highest BCUT2D eigenvalue weighted by atomic mass is 32.2. The lowest BCUT2D eigenvalue weighted by molar-refractivity contribution is 0.0333. The summed E-state index contributed by atoms with van der Waals surface area (Å²) in [5, 5.41) is 0. The minimum Gasteiger partial charge on any atom is -0.468 e. The van der Waals surface area contributed by atoms with E-state index in [4.69, 9.17) is 27.8 Å². The number of likely N-dealkylation sites (tertiary alicyclic amines) is 1. The molecule has 6 saturated heterocycles. The zero-order valence-corrected chi connectivity index (χ0v) is 76.3. The molecule has 0 unspecified atom stereocenters. The average Bonchev–Trinajstić information content (AvgIpc) is 1.45. The van der Waals surface area contributed by atoms with Crippen molar-refractivity contribution in [3.8, 4) is 0 Å². The van der Waals surface area contributed by atoms with Crippen molar-refractivity contribution in [2.75, 3.05) is 186 Å². The first-order valence-corrected chi connectivity index (χ1v) is 44.9. The maximum absolute atomic E-state index is 11.1. The van der Waals surface area contributed by atoms with E-state index in [1.807, 2.05) is 42.5 Å². The summed E-state index contributed by atoms with van der Waals surface area (Å²) in [6, 6.07) is 18.0. The van der Waals surface area contributed by atoms with Crippen LogP contribution in [0.4, 0.5) is 0 Å². The van der Waals surface area contributed by atoms with Crippen molar-refractivity contribution in [2.45, 2.75) is 255 Å². The second-order valence-electron chi connectivity index (χ2n) is 40.0. The molecule has 0 atom stereocenters. The lowest BCUT2D eigenvalue weighted by Gasteiger charge is -2.37. The van der Waals surface area contributed by atoms with Gasteiger partial charge in [-0.1, -0.05) is 155 Å². The highest BCUT2D eigenvalue weighted by Crippen LogP contribution is 2.25. The van der Waals surface area contributed by atoms with E-state index < -0.39 is 20.6 Å². The summed E-state index contributed by atoms with van der Waals surface area (Å²) in [6.45, 7) is 85.7. The number of sulfone groups is 1. The third kappa shape index (κ3) is 59.5. The van der Waals surface area contributed by atoms with Gasteiger partial charge in [-0.2, -0.15) is 11.8 Å². The molecule has 0 aliphatic carbocycles. The van der Waals surface area contributed by atoms with Gasteiger partial charge in [-0.3, -0.25) is 33.6 Å². The molecule has 6 fully saturated rings. The standard InChI is InChI=1S/C12H18O.C11H19NO.2C10H21NO.C10H21N.C10H16O2.C8H17NO2S.C8H17NOS.C8H17NS/c1-12(2,3)10-13-9-11-7-5-4-6-8-11;1-11(2,3)9-12(4)8-10-6-5-7-13-10;2*1-10(2,3)4-5-11-6-8-12-9-7-11;1-10(2,3)6-9-11-7-4-5-8-11;1-10(2,3)8-11-7-9-5-4-6-12-9;1-8(2,3)9-4-6-12(10,11)7-5-9;1-8(2,3)9-4-6-11(10)7-5-9;1-8(2,3)9-4-6-10-7-5-9/h4-8H,9-10H2,1-3H3;5-7H,8-9H2,1-4H3;2*4-9H2,1-3H3;4-9H2,1-3H3;4-6H,7-8H2,1-3H3;4-7H2,1-3H3;4-7H2,1-3H3;4-7H2,1-3H3. The molecule has 19 heteroatoms. The molecular weight excluding hydrogens is 1380 g/mol. The molecule has 0 amide bonds. The Balaban J connectivity index is 0.000000597. The second kappa shape index (κ2) is 50.8. The molecule has 1 aromatic carbocycles. The smallest absolute Gasteiger partial charge is 0.152 e. The summed E-state index contributed by atoms with van der Waals surface area (Å²) in [6.07, 6.45) is 10.1. The SMILES string of the molecule is CC(C)(C)CCN1CCCC1.CC(C)(C)CCN1CCOCC1.CC(C)(C)CCN1CCOCC1.CC(C)(C)COCc1ccccc1.CC(C)(C)COCc1ccco1.CC(C)(C)N1CCS(=O)(=O)CC1.CC(C)(C)N1CCS(=O)CC1.CC(C)(C)N1CCSCC1.CN(Cc1ccco1)CC(C)(C)C. The minimum absolute atomic E-state index is 0.107. The Labute approximate surface area is 661 Å². The van der Waals surface area contributed by atoms with Crippen LogP contribution in [-0.4, -0.2) is 249 Å². The van der Waals surface area contributed by atoms with Crippen molar-refractivity contribution in [2.24, 2.45) is 32.5 Å². The molecule has 16 nitrogen and oxygen atoms in total. The lowest BCUT2D eigenvalue weighted by atomic mass is 9.92. The second-order valence-corrected chi connectivity index (χ2v) is 45.2. The summed E-state index contributed by atoms with van der Waals surface area (Å²) in [7, 11) is -1.14. The molecule has 106 heavy (non-hydrogen) atoms. The number of nitrogens with zero attached hydrogens (tertiary/aromatic N) is 7. The Morgan fingerprint density at radius 3 is 1.15 bits per heavy atom. The fraction of sp³-hybridized carbons (Fsp3) is 0.839. The topological polar surface area (TPSA) is 137 Å². The third-order valence-corrected chi connectivity index (χ3v) is 21.9. The van der Waals surface area contributed by atoms with Gasteiger partial charge in [-0.05, 0) is 197 Å². The maximum atomic E-state index is 11.1. The minimum atomic E-state index is -2.72. The van der Waals surface area contributed by atoms with Gasteiger partial charge in [0.2, 0.25) is 0 Å². The molecule has 9 rings (SSSR count). The van der Waals surface area contributed by atoms with Crippen molar-refractivity contribution >= 4 is 32.4 Å². The number of hydrogen-bond donors (Lipinski definition) is 0. The number of ether oxygens (including phenoxy) is 4. The molecule has 2 aromatic heterocycles. The summed E-state index contributed by atoms with van der Waals surface area (Å²) in [5.74, 6) is 6.92. The van der Waals surface area contributed by atoms with E-state index in [1.165, 1.54) is 95.0 Å². The number of hydrogen-bond acceptors (Lipinski definition) is 17. The zero-order chi connectivity index (χ0) is 80.5. The molecule has 0 N–H and O–H groups in total. The van der Waals surface area contributed by atoms with Gasteiger partial charge in [-0.15, -0.1) is 0 Å². The van der Waals surface area contributed by atoms with Gasteiger partial charge >= 0.3 is 0 Å². The van der Waals surface area contributed by atoms with Crippen molar-refractivity contribution in [1.82, 2.24) is 34.3 Å². The number of thioether (sulfide) groups is 1. The molecule has 0 saturated carbocycles. The molecule has 8 heterocycles. The van der Waals surface area contributed by atoms with Crippen LogP contribution in [-0.2, 0) is 59.3 Å². The predicted octanol–water partition coefficient (Wildman–Crippen LogP) is 18.1. The molecule has 622 valence electrons. The van der Waals surface area contributed by atoms with E-state index in [1.54, 1.807) is 12.5 Å². The Morgan fingerprint density at radius 2 is 0.802 bits per heavy atom. The van der Waals surface area contributed by atoms with Gasteiger partial charge in [-0.25, -0.2) is 8.42 Å². The monoisotopic (exact) mass is 1550 g/mol. The van der Waals surface area contributed by atoms with Crippen LogP contribution in [0.3, 0.4) is 0 Å². The quantitative estimate of drug-likeness (QED) is 0.143. The fourth-order valence-electron chi connectivity index (χ4n) is 11.5. The first kappa shape index (κ1) is 102. The van der Waals surface area contributed by atoms with Crippen molar-refractivity contribution in [3.63, 3.8) is 0 Å². The number of furan rings is 2. The van der Waals surface area contributed by atoms with Gasteiger partial charge < -0.3 is 32.7 Å². The van der Waals surface area contributed by atoms with Gasteiger partial charge in [0.05, 0.1) is 76.8 Å². The van der Waals surface area contributed by atoms with Crippen LogP contribution in [0, 0.1) is 32.5 Å². The normalized spacial score (nSPS) is 18.8. The van der Waals surface area contributed by atoms with Gasteiger partial charge in [0.1, 0.15) is 18.1 Å². The van der Waals surface area contributed by atoms with E-state index >= 15 is 0 Å². The van der Waals surface area contributed by atoms with Crippen LogP contribution in [0.25, 0.3) is 0 Å². The average molecular weight is 1550 g/mol. The third-order valence-electron chi connectivity index (χ3n) is 18.1. The van der Waals surface area contributed by atoms with E-state index in [0.717, 1.165) is 122 Å². The van der Waals surface area contributed by atoms with Crippen LogP contribution in [0.5, 0.6) is 0 Å². The number of morpholine rings is 2. The van der Waals surface area contributed by atoms with E-state index in [9.17, 15) is 12.6 Å². The molecule has 3 aromatic rings. The van der Waals surface area contributed by atoms with Crippen molar-refractivity contribution in [1.29, 1.82) is 0 Å². The van der Waals surface area contributed by atoms with Crippen molar-refractivity contribution in [3.05, 3.63) is 84.2 Å². The van der Waals surface area contributed by atoms with Crippen LogP contribution in [0.15, 0.2) is 76.0 Å². The highest BCUT2D eigenvalue weighted by molar-refractivity contribution is 7.99. The predicted molar refractivity (Wildman–Crippen MR) is 458 cm³/mol. The summed E-state index contributed by atoms with van der Waals surface area (Å²) >= 11 is 2.07. The molecular formula is C87H167N7O9S3. The van der Waals surface area contributed by atoms with Crippen LogP contribution in [0.1, 0.15) is 236 Å². The largest absolute Gasteiger partial charge is 0.468 e. The van der Waals surface area contributed by atoms with Gasteiger partial charge in [0.15, 0.2) is 9.84 Å². The maximum Gasteiger partial charge on any atom is 0.152 e. The van der Waals surface area contributed by atoms with E-state index in [2.05, 4.69) is 252 Å². The fourth-order valence-corrected chi connectivity index (χ4v) is 14.7. The zero-order valence-electron chi connectivity index (χ0n) is 73.8. The van der Waals surface area contributed by atoms with E-state index in [-0.39, 0.29) is 21.9 Å².